The molecule has 0 atom stereocenters. The lowest BCUT2D eigenvalue weighted by Gasteiger charge is -2.27. The molecule has 1 aliphatic carbocycles. The van der Waals surface area contributed by atoms with E-state index in [1.165, 1.54) is 12.1 Å². The highest BCUT2D eigenvalue weighted by Gasteiger charge is 2.39. The molecule has 1 fully saturated rings. The van der Waals surface area contributed by atoms with Crippen molar-refractivity contribution >= 4 is 0 Å². The first-order chi connectivity index (χ1) is 15.0. The van der Waals surface area contributed by atoms with Gasteiger partial charge in [0.2, 0.25) is 5.75 Å². The van der Waals surface area contributed by atoms with E-state index in [-0.39, 0.29) is 17.9 Å². The molecule has 1 aliphatic rings. The van der Waals surface area contributed by atoms with Crippen LogP contribution in [-0.4, -0.2) is 6.36 Å². The molecule has 2 aromatic rings. The highest BCUT2D eigenvalue weighted by Crippen LogP contribution is 2.39. The third-order valence-corrected chi connectivity index (χ3v) is 5.39. The predicted octanol–water partition coefficient (Wildman–Crippen LogP) is 7.84. The van der Waals surface area contributed by atoms with Gasteiger partial charge in [0, 0.05) is 0 Å². The van der Waals surface area contributed by atoms with E-state index in [4.69, 9.17) is 0 Å². The molecular weight excluding hydrogens is 441 g/mol. The van der Waals surface area contributed by atoms with E-state index >= 15 is 0 Å². The van der Waals surface area contributed by atoms with Gasteiger partial charge in [0.15, 0.2) is 11.6 Å². The summed E-state index contributed by atoms with van der Waals surface area (Å²) in [5, 5.41) is 0. The maximum atomic E-state index is 14.4. The van der Waals surface area contributed by atoms with Gasteiger partial charge in [0.05, 0.1) is 5.56 Å². The molecule has 9 heteroatoms. The Morgan fingerprint density at radius 3 is 1.91 bits per heavy atom. The van der Waals surface area contributed by atoms with Crippen LogP contribution in [0.25, 0.3) is 0 Å². The lowest BCUT2D eigenvalue weighted by atomic mass is 9.78. The third kappa shape index (κ3) is 5.95. The summed E-state index contributed by atoms with van der Waals surface area (Å²) in [6, 6.07) is 6.06. The fourth-order valence-electron chi connectivity index (χ4n) is 3.87. The molecule has 174 valence electrons. The SMILES string of the molecule is C/C=C/C1CCC(c2ccc(OC(F)(F)c3cc(F)c(OC(F)(F)F)c(F)c3)cc2)CC1. The average molecular weight is 462 g/mol. The van der Waals surface area contributed by atoms with Crippen LogP contribution in [0.1, 0.15) is 49.7 Å². The second-order valence-corrected chi connectivity index (χ2v) is 7.64. The number of allylic oxidation sites excluding steroid dienone is 2. The maximum Gasteiger partial charge on any atom is 0.573 e. The van der Waals surface area contributed by atoms with E-state index in [0.29, 0.717) is 11.8 Å². The van der Waals surface area contributed by atoms with Gasteiger partial charge in [-0.2, -0.15) is 8.78 Å². The molecule has 0 spiro atoms. The molecule has 1 saturated carbocycles. The fourth-order valence-corrected chi connectivity index (χ4v) is 3.87. The predicted molar refractivity (Wildman–Crippen MR) is 104 cm³/mol. The molecule has 0 amide bonds. The van der Waals surface area contributed by atoms with Crippen LogP contribution in [0.2, 0.25) is 0 Å². The van der Waals surface area contributed by atoms with Crippen LogP contribution in [-0.2, 0) is 6.11 Å². The first-order valence-corrected chi connectivity index (χ1v) is 10.0. The van der Waals surface area contributed by atoms with Gasteiger partial charge in [-0.05, 0) is 74.3 Å². The fraction of sp³-hybridized carbons (Fsp3) is 0.391. The van der Waals surface area contributed by atoms with Crippen LogP contribution < -0.4 is 9.47 Å². The molecule has 0 N–H and O–H groups in total. The molecular formula is C23H21F7O2. The molecule has 0 unspecified atom stereocenters. The molecule has 0 radical (unpaired) electrons. The number of ether oxygens (including phenoxy) is 2. The van der Waals surface area contributed by atoms with Crippen LogP contribution >= 0.6 is 0 Å². The molecule has 0 heterocycles. The number of benzene rings is 2. The van der Waals surface area contributed by atoms with Gasteiger partial charge >= 0.3 is 12.5 Å². The molecule has 3 rings (SSSR count). The van der Waals surface area contributed by atoms with Crippen molar-refractivity contribution in [3.05, 3.63) is 71.3 Å². The van der Waals surface area contributed by atoms with Crippen molar-refractivity contribution in [2.45, 2.75) is 51.0 Å². The number of alkyl halides is 5. The number of hydrogen-bond acceptors (Lipinski definition) is 2. The highest BCUT2D eigenvalue weighted by molar-refractivity contribution is 5.35. The minimum Gasteiger partial charge on any atom is -0.429 e. The minimum absolute atomic E-state index is 0.0434. The summed E-state index contributed by atoms with van der Waals surface area (Å²) in [5.41, 5.74) is -0.307. The Balaban J connectivity index is 1.70. The van der Waals surface area contributed by atoms with Crippen LogP contribution in [0.5, 0.6) is 11.5 Å². The topological polar surface area (TPSA) is 18.5 Å². The Labute approximate surface area is 180 Å². The van der Waals surface area contributed by atoms with E-state index in [1.54, 1.807) is 12.1 Å². The maximum absolute atomic E-state index is 14.4. The van der Waals surface area contributed by atoms with Crippen molar-refractivity contribution in [1.82, 2.24) is 0 Å². The van der Waals surface area contributed by atoms with Crippen molar-refractivity contribution in [2.24, 2.45) is 5.92 Å². The zero-order valence-electron chi connectivity index (χ0n) is 17.1. The Hall–Kier alpha value is -2.71. The van der Waals surface area contributed by atoms with Gasteiger partial charge in [-0.3, -0.25) is 0 Å². The Kier molecular flexibility index (Phi) is 7.05. The van der Waals surface area contributed by atoms with E-state index < -0.39 is 35.4 Å². The van der Waals surface area contributed by atoms with Crippen molar-refractivity contribution in [3.8, 4) is 11.5 Å². The second kappa shape index (κ2) is 9.42. The summed E-state index contributed by atoms with van der Waals surface area (Å²) in [4.78, 5) is 0. The van der Waals surface area contributed by atoms with Gasteiger partial charge in [-0.15, -0.1) is 13.2 Å². The van der Waals surface area contributed by atoms with Gasteiger partial charge in [-0.1, -0.05) is 24.3 Å². The lowest BCUT2D eigenvalue weighted by Crippen LogP contribution is -2.24. The van der Waals surface area contributed by atoms with Gasteiger partial charge in [0.25, 0.3) is 0 Å². The van der Waals surface area contributed by atoms with E-state index in [0.717, 1.165) is 31.2 Å². The highest BCUT2D eigenvalue weighted by atomic mass is 19.4. The molecule has 0 aliphatic heterocycles. The molecule has 2 aromatic carbocycles. The summed E-state index contributed by atoms with van der Waals surface area (Å²) in [6.45, 7) is 1.98. The monoisotopic (exact) mass is 462 g/mol. The first kappa shape index (κ1) is 23.9. The molecule has 0 saturated heterocycles. The van der Waals surface area contributed by atoms with E-state index in [9.17, 15) is 30.7 Å². The Morgan fingerprint density at radius 2 is 1.41 bits per heavy atom. The van der Waals surface area contributed by atoms with Crippen molar-refractivity contribution in [1.29, 1.82) is 0 Å². The van der Waals surface area contributed by atoms with Gasteiger partial charge in [-0.25, -0.2) is 8.78 Å². The van der Waals surface area contributed by atoms with Crippen molar-refractivity contribution < 1.29 is 40.2 Å². The average Bonchev–Trinajstić information content (AvgIpc) is 2.71. The zero-order valence-corrected chi connectivity index (χ0v) is 17.1. The van der Waals surface area contributed by atoms with Crippen molar-refractivity contribution in [3.63, 3.8) is 0 Å². The van der Waals surface area contributed by atoms with Crippen molar-refractivity contribution in [2.75, 3.05) is 0 Å². The van der Waals surface area contributed by atoms with Crippen LogP contribution in [0.3, 0.4) is 0 Å². The first-order valence-electron chi connectivity index (χ1n) is 10.0. The summed E-state index contributed by atoms with van der Waals surface area (Å²) in [6.07, 6.45) is -1.34. The summed E-state index contributed by atoms with van der Waals surface area (Å²) in [7, 11) is 0. The minimum atomic E-state index is -5.38. The summed E-state index contributed by atoms with van der Waals surface area (Å²) in [5.74, 6) is -5.07. The Morgan fingerprint density at radius 1 is 0.844 bits per heavy atom. The number of hydrogen-bond donors (Lipinski definition) is 0. The quantitative estimate of drug-likeness (QED) is 0.322. The lowest BCUT2D eigenvalue weighted by molar-refractivity contribution is -0.276. The number of halogens is 7. The standard InChI is InChI=1S/C23H21F7O2/c1-2-3-14-4-6-15(7-5-14)16-8-10-18(11-9-16)31-22(26,27)17-12-19(24)21(20(25)13-17)32-23(28,29)30/h2-3,8-15H,4-7H2,1H3/b3-2+. The van der Waals surface area contributed by atoms with E-state index in [2.05, 4.69) is 15.5 Å². The summed E-state index contributed by atoms with van der Waals surface area (Å²) < 4.78 is 101. The number of rotatable bonds is 6. The smallest absolute Gasteiger partial charge is 0.429 e. The molecule has 0 aromatic heterocycles. The molecule has 0 bridgehead atoms. The van der Waals surface area contributed by atoms with Crippen LogP contribution in [0, 0.1) is 17.6 Å². The molecule has 2 nitrogen and oxygen atoms in total. The largest absolute Gasteiger partial charge is 0.573 e. The van der Waals surface area contributed by atoms with Crippen LogP contribution in [0.4, 0.5) is 30.7 Å². The van der Waals surface area contributed by atoms with Crippen LogP contribution in [0.15, 0.2) is 48.6 Å². The second-order valence-electron chi connectivity index (χ2n) is 7.64. The van der Waals surface area contributed by atoms with Gasteiger partial charge in [0.1, 0.15) is 5.75 Å². The summed E-state index contributed by atoms with van der Waals surface area (Å²) >= 11 is 0. The third-order valence-electron chi connectivity index (χ3n) is 5.39. The normalized spacial score (nSPS) is 19.9. The molecule has 32 heavy (non-hydrogen) atoms. The zero-order chi connectivity index (χ0) is 23.5. The van der Waals surface area contributed by atoms with Gasteiger partial charge < -0.3 is 9.47 Å². The Bertz CT molecular complexity index is 921. The van der Waals surface area contributed by atoms with E-state index in [1.807, 2.05) is 13.0 Å².